The van der Waals surface area contributed by atoms with Crippen LogP contribution in [0.4, 0.5) is 14.9 Å². The summed E-state index contributed by atoms with van der Waals surface area (Å²) in [5.74, 6) is -0.754. The van der Waals surface area contributed by atoms with Gasteiger partial charge in [-0.15, -0.1) is 0 Å². The Morgan fingerprint density at radius 3 is 2.41 bits per heavy atom. The maximum absolute atomic E-state index is 15.5. The standard InChI is InChI=1S/C30H26ClFN2O4S/c1-17-26(33-29(36)38-18(2)19-7-5-4-6-8-19)27(39-34-17)23-15-24(31)22(16-25(23)32)20-9-11-21(12-10-20)30(13-14-30)28(35)37-3/h4-12,15-16,18H,13-14H2,1-3H3,(H,33,36)/t18-/m1/s1. The van der Waals surface area contributed by atoms with Crippen LogP contribution in [0.25, 0.3) is 21.6 Å². The summed E-state index contributed by atoms with van der Waals surface area (Å²) in [6.45, 7) is 3.51. The molecule has 1 N–H and O–H groups in total. The second kappa shape index (κ2) is 10.8. The molecule has 4 aromatic rings. The van der Waals surface area contributed by atoms with Gasteiger partial charge in [0.05, 0.1) is 28.8 Å². The van der Waals surface area contributed by atoms with E-state index in [0.717, 1.165) is 35.5 Å². The van der Waals surface area contributed by atoms with E-state index in [4.69, 9.17) is 21.1 Å². The molecule has 1 aliphatic carbocycles. The van der Waals surface area contributed by atoms with Crippen LogP contribution < -0.4 is 5.32 Å². The van der Waals surface area contributed by atoms with Crippen LogP contribution in [-0.2, 0) is 19.7 Å². The van der Waals surface area contributed by atoms with E-state index in [1.54, 1.807) is 13.8 Å². The van der Waals surface area contributed by atoms with Gasteiger partial charge in [0.2, 0.25) is 0 Å². The average Bonchev–Trinajstić information content (AvgIpc) is 3.69. The number of esters is 1. The minimum Gasteiger partial charge on any atom is -0.468 e. The highest BCUT2D eigenvalue weighted by molar-refractivity contribution is 7.10. The predicted octanol–water partition coefficient (Wildman–Crippen LogP) is 8.09. The Balaban J connectivity index is 1.38. The number of aryl methyl sites for hydroxylation is 1. The number of halogens is 2. The molecule has 0 unspecified atom stereocenters. The number of anilines is 1. The van der Waals surface area contributed by atoms with E-state index in [-0.39, 0.29) is 11.5 Å². The number of methoxy groups -OCH3 is 1. The number of carbonyl (C=O) groups is 2. The molecule has 200 valence electrons. The molecule has 0 aliphatic heterocycles. The minimum absolute atomic E-state index is 0.222. The van der Waals surface area contributed by atoms with Crippen molar-refractivity contribution in [2.24, 2.45) is 0 Å². The Bertz CT molecular complexity index is 1530. The first-order valence-corrected chi connectivity index (χ1v) is 13.6. The van der Waals surface area contributed by atoms with Gasteiger partial charge in [0.1, 0.15) is 11.9 Å². The maximum atomic E-state index is 15.5. The largest absolute Gasteiger partial charge is 0.468 e. The van der Waals surface area contributed by atoms with E-state index >= 15 is 4.39 Å². The topological polar surface area (TPSA) is 77.5 Å². The van der Waals surface area contributed by atoms with Gasteiger partial charge in [-0.3, -0.25) is 10.1 Å². The molecule has 1 aliphatic rings. The number of rotatable bonds is 7. The molecule has 1 atom stereocenters. The van der Waals surface area contributed by atoms with Crippen molar-refractivity contribution in [3.05, 3.63) is 94.4 Å². The summed E-state index contributed by atoms with van der Waals surface area (Å²) in [4.78, 5) is 25.3. The number of amides is 1. The Kier molecular flexibility index (Phi) is 7.42. The molecular weight excluding hydrogens is 539 g/mol. The highest BCUT2D eigenvalue weighted by Crippen LogP contribution is 2.49. The molecule has 9 heteroatoms. The van der Waals surface area contributed by atoms with Gasteiger partial charge < -0.3 is 9.47 Å². The van der Waals surface area contributed by atoms with Crippen molar-refractivity contribution >= 4 is 40.9 Å². The first-order chi connectivity index (χ1) is 18.7. The molecule has 0 bridgehead atoms. The normalized spacial score (nSPS) is 14.4. The Morgan fingerprint density at radius 1 is 1.08 bits per heavy atom. The zero-order valence-electron chi connectivity index (χ0n) is 21.6. The number of hydrogen-bond donors (Lipinski definition) is 1. The summed E-state index contributed by atoms with van der Waals surface area (Å²) in [7, 11) is 1.39. The third-order valence-electron chi connectivity index (χ3n) is 7.02. The summed E-state index contributed by atoms with van der Waals surface area (Å²) in [6.07, 6.45) is 0.346. The summed E-state index contributed by atoms with van der Waals surface area (Å²) in [5, 5.41) is 3.07. The molecule has 1 aromatic heterocycles. The zero-order chi connectivity index (χ0) is 27.7. The summed E-state index contributed by atoms with van der Waals surface area (Å²) in [6, 6.07) is 19.6. The lowest BCUT2D eigenvalue weighted by molar-refractivity contribution is -0.143. The number of aromatic nitrogens is 1. The number of nitrogens with one attached hydrogen (secondary N) is 1. The quantitative estimate of drug-likeness (QED) is 0.229. The van der Waals surface area contributed by atoms with Gasteiger partial charge in [0, 0.05) is 16.1 Å². The molecule has 0 saturated heterocycles. The Hall–Kier alpha value is -3.75. The van der Waals surface area contributed by atoms with Crippen LogP contribution in [0.5, 0.6) is 0 Å². The third kappa shape index (κ3) is 5.27. The number of carbonyl (C=O) groups excluding carboxylic acids is 2. The lowest BCUT2D eigenvalue weighted by atomic mass is 9.93. The number of hydrogen-bond acceptors (Lipinski definition) is 6. The molecule has 1 amide bonds. The summed E-state index contributed by atoms with van der Waals surface area (Å²) in [5.41, 5.74) is 3.50. The number of ether oxygens (including phenoxy) is 2. The van der Waals surface area contributed by atoms with E-state index < -0.39 is 23.4 Å². The maximum Gasteiger partial charge on any atom is 0.412 e. The van der Waals surface area contributed by atoms with Gasteiger partial charge in [-0.2, -0.15) is 4.37 Å². The molecule has 1 fully saturated rings. The van der Waals surface area contributed by atoms with E-state index in [1.807, 2.05) is 54.6 Å². The second-order valence-corrected chi connectivity index (χ2v) is 10.7. The predicted molar refractivity (Wildman–Crippen MR) is 151 cm³/mol. The monoisotopic (exact) mass is 564 g/mol. The molecule has 5 rings (SSSR count). The van der Waals surface area contributed by atoms with Gasteiger partial charge in [0.15, 0.2) is 0 Å². The average molecular weight is 565 g/mol. The zero-order valence-corrected chi connectivity index (χ0v) is 23.2. The first kappa shape index (κ1) is 26.8. The molecule has 0 radical (unpaired) electrons. The first-order valence-electron chi connectivity index (χ1n) is 12.4. The van der Waals surface area contributed by atoms with Gasteiger partial charge in [-0.1, -0.05) is 66.2 Å². The molecule has 6 nitrogen and oxygen atoms in total. The van der Waals surface area contributed by atoms with E-state index in [1.165, 1.54) is 19.2 Å². The smallest absolute Gasteiger partial charge is 0.412 e. The lowest BCUT2D eigenvalue weighted by Gasteiger charge is -2.15. The fraction of sp³-hybridized carbons (Fsp3) is 0.233. The van der Waals surface area contributed by atoms with Crippen LogP contribution in [-0.4, -0.2) is 23.5 Å². The van der Waals surface area contributed by atoms with Crippen LogP contribution in [0.15, 0.2) is 66.7 Å². The van der Waals surface area contributed by atoms with Gasteiger partial charge in [-0.25, -0.2) is 9.18 Å². The van der Waals surface area contributed by atoms with Crippen LogP contribution in [0.2, 0.25) is 5.02 Å². The van der Waals surface area contributed by atoms with Crippen LogP contribution >= 0.6 is 23.1 Å². The van der Waals surface area contributed by atoms with E-state index in [9.17, 15) is 9.59 Å². The molecule has 1 saturated carbocycles. The summed E-state index contributed by atoms with van der Waals surface area (Å²) >= 11 is 7.70. The van der Waals surface area contributed by atoms with Crippen molar-refractivity contribution in [2.75, 3.05) is 12.4 Å². The van der Waals surface area contributed by atoms with E-state index in [2.05, 4.69) is 9.69 Å². The van der Waals surface area contributed by atoms with Crippen LogP contribution in [0.1, 0.15) is 42.7 Å². The SMILES string of the molecule is COC(=O)C1(c2ccc(-c3cc(F)c(-c4snc(C)c4NC(=O)O[C@H](C)c4ccccc4)cc3Cl)cc2)CC1. The van der Waals surface area contributed by atoms with Crippen molar-refractivity contribution in [3.63, 3.8) is 0 Å². The fourth-order valence-electron chi connectivity index (χ4n) is 4.63. The molecular formula is C30H26ClFN2O4S. The fourth-order valence-corrected chi connectivity index (χ4v) is 5.76. The van der Waals surface area contributed by atoms with Crippen LogP contribution in [0, 0.1) is 12.7 Å². The van der Waals surface area contributed by atoms with Gasteiger partial charge >= 0.3 is 12.1 Å². The van der Waals surface area contributed by atoms with Gasteiger partial charge in [-0.05, 0) is 67.0 Å². The Labute approximate surface area is 234 Å². The van der Waals surface area contributed by atoms with Crippen molar-refractivity contribution in [3.8, 4) is 21.6 Å². The van der Waals surface area contributed by atoms with Crippen molar-refractivity contribution in [1.82, 2.24) is 4.37 Å². The van der Waals surface area contributed by atoms with E-state index in [0.29, 0.717) is 32.4 Å². The van der Waals surface area contributed by atoms with Crippen molar-refractivity contribution in [1.29, 1.82) is 0 Å². The molecule has 0 spiro atoms. The van der Waals surface area contributed by atoms with Gasteiger partial charge in [0.25, 0.3) is 0 Å². The number of nitrogens with zero attached hydrogens (tertiary/aromatic N) is 1. The minimum atomic E-state index is -0.667. The van der Waals surface area contributed by atoms with Crippen molar-refractivity contribution in [2.45, 2.75) is 38.2 Å². The van der Waals surface area contributed by atoms with Crippen molar-refractivity contribution < 1.29 is 23.5 Å². The molecule has 1 heterocycles. The third-order valence-corrected chi connectivity index (χ3v) is 8.30. The highest BCUT2D eigenvalue weighted by Gasteiger charge is 2.52. The lowest BCUT2D eigenvalue weighted by Crippen LogP contribution is -2.21. The Morgan fingerprint density at radius 2 is 1.77 bits per heavy atom. The second-order valence-electron chi connectivity index (χ2n) is 9.52. The highest BCUT2D eigenvalue weighted by atomic mass is 35.5. The van der Waals surface area contributed by atoms with Crippen LogP contribution in [0.3, 0.4) is 0 Å². The summed E-state index contributed by atoms with van der Waals surface area (Å²) < 4.78 is 30.3. The number of benzene rings is 3. The molecule has 39 heavy (non-hydrogen) atoms. The molecule has 3 aromatic carbocycles.